The number of methoxy groups -OCH3 is 2. The van der Waals surface area contributed by atoms with E-state index in [2.05, 4.69) is 5.32 Å². The summed E-state index contributed by atoms with van der Waals surface area (Å²) in [4.78, 5) is 14.3. The maximum absolute atomic E-state index is 12.3. The Hall–Kier alpha value is -2.69. The third-order valence-electron chi connectivity index (χ3n) is 3.79. The quantitative estimate of drug-likeness (QED) is 0.849. The van der Waals surface area contributed by atoms with Crippen molar-refractivity contribution in [1.29, 1.82) is 0 Å². The second-order valence-electron chi connectivity index (χ2n) is 5.63. The molecule has 1 N–H and O–H groups in total. The number of carbonyl (C=O) groups excluding carboxylic acids is 1. The van der Waals surface area contributed by atoms with Crippen LogP contribution in [0, 0.1) is 0 Å². The molecule has 0 unspecified atom stereocenters. The fraction of sp³-hybridized carbons (Fsp3) is 0.316. The van der Waals surface area contributed by atoms with Crippen LogP contribution in [0.2, 0.25) is 0 Å². The fourth-order valence-electron chi connectivity index (χ4n) is 2.42. The van der Waals surface area contributed by atoms with E-state index in [9.17, 15) is 4.79 Å². The zero-order valence-electron chi connectivity index (χ0n) is 14.6. The molecule has 0 aromatic heterocycles. The molecule has 0 saturated carbocycles. The smallest absolute Gasteiger partial charge is 0.251 e. The van der Waals surface area contributed by atoms with Crippen LogP contribution < -0.4 is 19.7 Å². The number of hydrogen-bond donors (Lipinski definition) is 1. The molecule has 0 aliphatic heterocycles. The largest absolute Gasteiger partial charge is 0.497 e. The van der Waals surface area contributed by atoms with E-state index in [4.69, 9.17) is 9.47 Å². The number of nitrogens with zero attached hydrogens (tertiary/aromatic N) is 1. The highest BCUT2D eigenvalue weighted by Crippen LogP contribution is 2.24. The zero-order valence-corrected chi connectivity index (χ0v) is 14.6. The van der Waals surface area contributed by atoms with Gasteiger partial charge in [0.15, 0.2) is 0 Å². The van der Waals surface area contributed by atoms with Crippen LogP contribution in [0.4, 0.5) is 5.69 Å². The molecule has 0 aliphatic carbocycles. The number of rotatable bonds is 7. The highest BCUT2D eigenvalue weighted by molar-refractivity contribution is 5.95. The fourth-order valence-corrected chi connectivity index (χ4v) is 2.42. The molecule has 0 spiro atoms. The van der Waals surface area contributed by atoms with Gasteiger partial charge < -0.3 is 19.7 Å². The van der Waals surface area contributed by atoms with Gasteiger partial charge >= 0.3 is 0 Å². The predicted octanol–water partition coefficient (Wildman–Crippen LogP) is 2.74. The molecule has 2 aromatic carbocycles. The van der Waals surface area contributed by atoms with E-state index in [-0.39, 0.29) is 5.91 Å². The van der Waals surface area contributed by atoms with Crippen LogP contribution in [0.1, 0.15) is 15.9 Å². The number of carbonyl (C=O) groups is 1. The first kappa shape index (κ1) is 17.7. The van der Waals surface area contributed by atoms with Crippen molar-refractivity contribution in [3.05, 3.63) is 53.6 Å². The van der Waals surface area contributed by atoms with Gasteiger partial charge in [0.05, 0.1) is 14.2 Å². The summed E-state index contributed by atoms with van der Waals surface area (Å²) >= 11 is 0. The van der Waals surface area contributed by atoms with Gasteiger partial charge in [0.25, 0.3) is 5.91 Å². The topological polar surface area (TPSA) is 50.8 Å². The van der Waals surface area contributed by atoms with Gasteiger partial charge in [-0.05, 0) is 48.4 Å². The molecule has 0 atom stereocenters. The molecular weight excluding hydrogens is 304 g/mol. The van der Waals surface area contributed by atoms with Gasteiger partial charge in [0.2, 0.25) is 0 Å². The molecular formula is C19H24N2O3. The Balaban J connectivity index is 1.99. The van der Waals surface area contributed by atoms with Crippen molar-refractivity contribution >= 4 is 11.6 Å². The minimum atomic E-state index is -0.0828. The molecule has 0 bridgehead atoms. The number of nitrogens with one attached hydrogen (secondary N) is 1. The van der Waals surface area contributed by atoms with Crippen LogP contribution >= 0.6 is 0 Å². The summed E-state index contributed by atoms with van der Waals surface area (Å²) in [5.74, 6) is 1.48. The molecule has 0 radical (unpaired) electrons. The molecule has 0 fully saturated rings. The van der Waals surface area contributed by atoms with Crippen molar-refractivity contribution in [3.8, 4) is 11.5 Å². The Labute approximate surface area is 143 Å². The first-order valence-electron chi connectivity index (χ1n) is 7.81. The van der Waals surface area contributed by atoms with E-state index in [0.29, 0.717) is 18.5 Å². The van der Waals surface area contributed by atoms with Crippen molar-refractivity contribution in [1.82, 2.24) is 5.32 Å². The Bertz CT molecular complexity index is 699. The van der Waals surface area contributed by atoms with Crippen molar-refractivity contribution in [3.63, 3.8) is 0 Å². The monoisotopic (exact) mass is 328 g/mol. The molecule has 5 nitrogen and oxygen atoms in total. The number of hydrogen-bond acceptors (Lipinski definition) is 4. The van der Waals surface area contributed by atoms with Crippen molar-refractivity contribution in [2.24, 2.45) is 0 Å². The second-order valence-corrected chi connectivity index (χ2v) is 5.63. The van der Waals surface area contributed by atoms with Gasteiger partial charge in [0, 0.05) is 31.9 Å². The Morgan fingerprint density at radius 1 is 1.08 bits per heavy atom. The first-order chi connectivity index (χ1) is 11.5. The molecule has 0 heterocycles. The lowest BCUT2D eigenvalue weighted by atomic mass is 10.1. The summed E-state index contributed by atoms with van der Waals surface area (Å²) < 4.78 is 10.6. The molecule has 24 heavy (non-hydrogen) atoms. The normalized spacial score (nSPS) is 10.2. The van der Waals surface area contributed by atoms with Gasteiger partial charge in [-0.2, -0.15) is 0 Å². The van der Waals surface area contributed by atoms with Crippen molar-refractivity contribution in [2.45, 2.75) is 6.42 Å². The van der Waals surface area contributed by atoms with Gasteiger partial charge in [-0.15, -0.1) is 0 Å². The first-order valence-corrected chi connectivity index (χ1v) is 7.81. The summed E-state index contributed by atoms with van der Waals surface area (Å²) in [6.07, 6.45) is 0.666. The molecule has 0 saturated heterocycles. The van der Waals surface area contributed by atoms with Crippen LogP contribution in [-0.4, -0.2) is 40.8 Å². The van der Waals surface area contributed by atoms with Crippen molar-refractivity contribution < 1.29 is 14.3 Å². The molecule has 2 aromatic rings. The van der Waals surface area contributed by atoms with Gasteiger partial charge in [0.1, 0.15) is 11.5 Å². The Kier molecular flexibility index (Phi) is 6.07. The standard InChI is InChI=1S/C19H24N2O3/c1-21(2)16-7-5-6-15(12-16)19(22)20-11-10-14-13-17(23-3)8-9-18(14)24-4/h5-9,12-13H,10-11H2,1-4H3,(H,20,22). The molecule has 5 heteroatoms. The average molecular weight is 328 g/mol. The second kappa shape index (κ2) is 8.24. The summed E-state index contributed by atoms with van der Waals surface area (Å²) in [7, 11) is 7.17. The van der Waals surface area contributed by atoms with E-state index in [0.717, 1.165) is 22.7 Å². The highest BCUT2D eigenvalue weighted by Gasteiger charge is 2.09. The number of anilines is 1. The summed E-state index contributed by atoms with van der Waals surface area (Å²) in [5.41, 5.74) is 2.65. The number of amides is 1. The van der Waals surface area contributed by atoms with E-state index in [1.54, 1.807) is 14.2 Å². The number of ether oxygens (including phenoxy) is 2. The van der Waals surface area contributed by atoms with Crippen LogP contribution in [-0.2, 0) is 6.42 Å². The van der Waals surface area contributed by atoms with Crippen LogP contribution in [0.3, 0.4) is 0 Å². The van der Waals surface area contributed by atoms with E-state index in [1.165, 1.54) is 0 Å². The van der Waals surface area contributed by atoms with Crippen LogP contribution in [0.15, 0.2) is 42.5 Å². The SMILES string of the molecule is COc1ccc(OC)c(CCNC(=O)c2cccc(N(C)C)c2)c1. The minimum Gasteiger partial charge on any atom is -0.497 e. The molecule has 1 amide bonds. The summed E-state index contributed by atoms with van der Waals surface area (Å²) in [6, 6.07) is 13.2. The van der Waals surface area contributed by atoms with Gasteiger partial charge in [-0.25, -0.2) is 0 Å². The lowest BCUT2D eigenvalue weighted by Crippen LogP contribution is -2.26. The maximum atomic E-state index is 12.3. The third kappa shape index (κ3) is 4.41. The maximum Gasteiger partial charge on any atom is 0.251 e. The highest BCUT2D eigenvalue weighted by atomic mass is 16.5. The Morgan fingerprint density at radius 3 is 2.54 bits per heavy atom. The molecule has 2 rings (SSSR count). The zero-order chi connectivity index (χ0) is 17.5. The minimum absolute atomic E-state index is 0.0828. The van der Waals surface area contributed by atoms with E-state index in [1.807, 2.05) is 61.5 Å². The van der Waals surface area contributed by atoms with Crippen molar-refractivity contribution in [2.75, 3.05) is 39.8 Å². The van der Waals surface area contributed by atoms with Crippen LogP contribution in [0.25, 0.3) is 0 Å². The summed E-state index contributed by atoms with van der Waals surface area (Å²) in [5, 5.41) is 2.95. The van der Waals surface area contributed by atoms with E-state index >= 15 is 0 Å². The lowest BCUT2D eigenvalue weighted by molar-refractivity contribution is 0.0954. The number of benzene rings is 2. The molecule has 128 valence electrons. The lowest BCUT2D eigenvalue weighted by Gasteiger charge is -2.14. The Morgan fingerprint density at radius 2 is 1.88 bits per heavy atom. The van der Waals surface area contributed by atoms with E-state index < -0.39 is 0 Å². The average Bonchev–Trinajstić information content (AvgIpc) is 2.61. The van der Waals surface area contributed by atoms with Crippen LogP contribution in [0.5, 0.6) is 11.5 Å². The van der Waals surface area contributed by atoms with Gasteiger partial charge in [-0.3, -0.25) is 4.79 Å². The predicted molar refractivity (Wildman–Crippen MR) is 96.4 cm³/mol. The molecule has 0 aliphatic rings. The third-order valence-corrected chi connectivity index (χ3v) is 3.79. The van der Waals surface area contributed by atoms with Gasteiger partial charge in [-0.1, -0.05) is 6.07 Å². The summed E-state index contributed by atoms with van der Waals surface area (Å²) in [6.45, 7) is 0.522.